The average molecular weight is 553 g/mol. The minimum Gasteiger partial charge on any atom is -0.481 e. The normalized spacial score (nSPS) is 17.6. The minimum atomic E-state index is -2.35. The molecular weight excluding hydrogens is 520 g/mol. The predicted molar refractivity (Wildman–Crippen MR) is 146 cm³/mol. The van der Waals surface area contributed by atoms with Gasteiger partial charge in [-0.3, -0.25) is 4.79 Å². The number of aromatic nitrogens is 1. The number of methoxy groups -OCH3 is 2. The van der Waals surface area contributed by atoms with Crippen LogP contribution in [0, 0.1) is 0 Å². The number of carbonyl (C=O) groups is 2. The predicted octanol–water partition coefficient (Wildman–Crippen LogP) is 3.53. The van der Waals surface area contributed by atoms with Gasteiger partial charge in [0.05, 0.1) is 37.3 Å². The summed E-state index contributed by atoms with van der Waals surface area (Å²) in [6, 6.07) is 19.5. The third kappa shape index (κ3) is 7.15. The summed E-state index contributed by atoms with van der Waals surface area (Å²) in [7, 11) is 2.66. The SMILES string of the molecule is COc1cc(C(=O)OC(O)(OC)c2ccc(C(CCc3ccccc3)C(=O)N3CCOC(S)C3)cc2)ccn1. The van der Waals surface area contributed by atoms with Crippen molar-refractivity contribution < 1.29 is 33.6 Å². The maximum absolute atomic E-state index is 13.6. The van der Waals surface area contributed by atoms with Gasteiger partial charge in [0.1, 0.15) is 5.44 Å². The zero-order chi connectivity index (χ0) is 27.8. The molecule has 0 spiro atoms. The number of nitrogens with zero attached hydrogens (tertiary/aromatic N) is 2. The first-order valence-electron chi connectivity index (χ1n) is 12.6. The van der Waals surface area contributed by atoms with Gasteiger partial charge in [0.25, 0.3) is 0 Å². The maximum Gasteiger partial charge on any atom is 0.355 e. The summed E-state index contributed by atoms with van der Waals surface area (Å²) in [5.74, 6) is -3.39. The Morgan fingerprint density at radius 3 is 2.56 bits per heavy atom. The van der Waals surface area contributed by atoms with Crippen LogP contribution in [-0.4, -0.2) is 66.2 Å². The molecule has 2 aromatic carbocycles. The van der Waals surface area contributed by atoms with E-state index < -0.39 is 17.9 Å². The van der Waals surface area contributed by atoms with E-state index in [0.717, 1.165) is 11.1 Å². The number of aliphatic hydroxyl groups is 1. The summed E-state index contributed by atoms with van der Waals surface area (Å²) in [5.41, 5.74) is 1.90. The van der Waals surface area contributed by atoms with E-state index in [-0.39, 0.29) is 28.4 Å². The third-order valence-electron chi connectivity index (χ3n) is 6.59. The van der Waals surface area contributed by atoms with Gasteiger partial charge >= 0.3 is 11.9 Å². The zero-order valence-corrected chi connectivity index (χ0v) is 22.8. The third-order valence-corrected chi connectivity index (χ3v) is 6.90. The average Bonchev–Trinajstić information content (AvgIpc) is 2.98. The van der Waals surface area contributed by atoms with Crippen LogP contribution in [-0.2, 0) is 31.4 Å². The van der Waals surface area contributed by atoms with Crippen LogP contribution < -0.4 is 4.74 Å². The molecule has 1 fully saturated rings. The van der Waals surface area contributed by atoms with Crippen molar-refractivity contribution in [2.45, 2.75) is 30.2 Å². The van der Waals surface area contributed by atoms with Crippen LogP contribution >= 0.6 is 12.6 Å². The van der Waals surface area contributed by atoms with E-state index in [9.17, 15) is 14.7 Å². The van der Waals surface area contributed by atoms with Crippen LogP contribution in [0.1, 0.15) is 39.4 Å². The quantitative estimate of drug-likeness (QED) is 0.224. The number of morpholine rings is 1. The van der Waals surface area contributed by atoms with Gasteiger partial charge in [-0.2, -0.15) is 0 Å². The second-order valence-corrected chi connectivity index (χ2v) is 9.65. The van der Waals surface area contributed by atoms with Gasteiger partial charge in [0, 0.05) is 25.9 Å². The number of pyridine rings is 1. The highest BCUT2D eigenvalue weighted by atomic mass is 32.1. The number of benzene rings is 2. The van der Waals surface area contributed by atoms with Crippen molar-refractivity contribution in [1.29, 1.82) is 0 Å². The summed E-state index contributed by atoms with van der Waals surface area (Å²) in [6.45, 7) is 1.33. The van der Waals surface area contributed by atoms with E-state index >= 15 is 0 Å². The van der Waals surface area contributed by atoms with E-state index in [0.29, 0.717) is 32.5 Å². The molecule has 1 saturated heterocycles. The molecule has 9 nitrogen and oxygen atoms in total. The topological polar surface area (TPSA) is 107 Å². The smallest absolute Gasteiger partial charge is 0.355 e. The molecule has 4 rings (SSSR count). The molecule has 2 heterocycles. The van der Waals surface area contributed by atoms with Gasteiger partial charge in [-0.25, -0.2) is 9.78 Å². The standard InChI is InChI=1S/C29H32N2O7S/c1-35-25-18-22(14-15-30-25)28(33)38-29(34,36-2)23-11-9-21(10-12-23)24(13-8-20-6-4-3-5-7-20)27(32)31-16-17-37-26(39)19-31/h3-7,9-12,14-15,18,24,26,34,39H,8,13,16-17,19H2,1-2H3. The number of aryl methyl sites for hydroxylation is 1. The van der Waals surface area contributed by atoms with Crippen LogP contribution in [0.4, 0.5) is 0 Å². The Labute approximate surface area is 233 Å². The Balaban J connectivity index is 1.55. The molecule has 0 saturated carbocycles. The lowest BCUT2D eigenvalue weighted by Gasteiger charge is -2.33. The van der Waals surface area contributed by atoms with Gasteiger partial charge in [0.2, 0.25) is 11.8 Å². The molecule has 1 amide bonds. The van der Waals surface area contributed by atoms with Crippen molar-refractivity contribution in [2.75, 3.05) is 33.9 Å². The van der Waals surface area contributed by atoms with E-state index in [2.05, 4.69) is 17.6 Å². The molecule has 3 aromatic rings. The Kier molecular flexibility index (Phi) is 9.58. The lowest BCUT2D eigenvalue weighted by molar-refractivity contribution is -0.334. The molecule has 1 aliphatic heterocycles. The number of thiol groups is 1. The van der Waals surface area contributed by atoms with Crippen LogP contribution in [0.5, 0.6) is 5.88 Å². The molecule has 1 N–H and O–H groups in total. The highest BCUT2D eigenvalue weighted by Crippen LogP contribution is 2.30. The van der Waals surface area contributed by atoms with E-state index in [4.69, 9.17) is 18.9 Å². The molecule has 3 atom stereocenters. The second-order valence-electron chi connectivity index (χ2n) is 9.07. The highest BCUT2D eigenvalue weighted by Gasteiger charge is 2.36. The first kappa shape index (κ1) is 28.6. The number of amides is 1. The molecule has 1 aromatic heterocycles. The molecule has 206 valence electrons. The summed E-state index contributed by atoms with van der Waals surface area (Å²) in [5, 5.41) is 11.1. The van der Waals surface area contributed by atoms with Gasteiger partial charge in [-0.1, -0.05) is 42.5 Å². The van der Waals surface area contributed by atoms with Crippen LogP contribution in [0.3, 0.4) is 0 Å². The van der Waals surface area contributed by atoms with Gasteiger partial charge in [0.15, 0.2) is 0 Å². The van der Waals surface area contributed by atoms with Crippen molar-refractivity contribution in [3.8, 4) is 5.88 Å². The van der Waals surface area contributed by atoms with Gasteiger partial charge in [-0.15, -0.1) is 12.6 Å². The molecule has 39 heavy (non-hydrogen) atoms. The molecule has 0 radical (unpaired) electrons. The molecule has 0 bridgehead atoms. The first-order chi connectivity index (χ1) is 18.8. The number of esters is 1. The van der Waals surface area contributed by atoms with Crippen molar-refractivity contribution in [2.24, 2.45) is 0 Å². The van der Waals surface area contributed by atoms with Crippen molar-refractivity contribution in [3.05, 3.63) is 95.2 Å². The largest absolute Gasteiger partial charge is 0.481 e. The summed E-state index contributed by atoms with van der Waals surface area (Å²) in [4.78, 5) is 32.1. The molecule has 3 unspecified atom stereocenters. The fourth-order valence-corrected chi connectivity index (χ4v) is 4.72. The number of carbonyl (C=O) groups excluding carboxylic acids is 2. The second kappa shape index (κ2) is 13.1. The minimum absolute atomic E-state index is 0.0129. The van der Waals surface area contributed by atoms with Crippen LogP contribution in [0.25, 0.3) is 0 Å². The lowest BCUT2D eigenvalue weighted by atomic mass is 9.90. The van der Waals surface area contributed by atoms with Crippen molar-refractivity contribution in [3.63, 3.8) is 0 Å². The Bertz CT molecular complexity index is 1260. The molecule has 10 heteroatoms. The highest BCUT2D eigenvalue weighted by molar-refractivity contribution is 7.80. The number of ether oxygens (including phenoxy) is 4. The fraction of sp³-hybridized carbons (Fsp3) is 0.345. The van der Waals surface area contributed by atoms with E-state index in [1.54, 1.807) is 29.2 Å². The number of hydrogen-bond acceptors (Lipinski definition) is 9. The zero-order valence-electron chi connectivity index (χ0n) is 21.9. The van der Waals surface area contributed by atoms with E-state index in [1.807, 2.05) is 30.3 Å². The summed E-state index contributed by atoms with van der Waals surface area (Å²) >= 11 is 4.39. The summed E-state index contributed by atoms with van der Waals surface area (Å²) < 4.78 is 21.1. The van der Waals surface area contributed by atoms with Crippen LogP contribution in [0.2, 0.25) is 0 Å². The van der Waals surface area contributed by atoms with Gasteiger partial charge in [-0.05, 0) is 42.2 Å². The van der Waals surface area contributed by atoms with Gasteiger partial charge < -0.3 is 29.0 Å². The van der Waals surface area contributed by atoms with Crippen molar-refractivity contribution >= 4 is 24.5 Å². The summed E-state index contributed by atoms with van der Waals surface area (Å²) in [6.07, 6.45) is 2.69. The Morgan fingerprint density at radius 1 is 1.15 bits per heavy atom. The van der Waals surface area contributed by atoms with Crippen LogP contribution in [0.15, 0.2) is 72.9 Å². The Morgan fingerprint density at radius 2 is 1.90 bits per heavy atom. The first-order valence-corrected chi connectivity index (χ1v) is 13.1. The number of hydrogen-bond donors (Lipinski definition) is 2. The maximum atomic E-state index is 13.6. The fourth-order valence-electron chi connectivity index (χ4n) is 4.42. The monoisotopic (exact) mass is 552 g/mol. The Hall–Kier alpha value is -3.44. The molecule has 0 aliphatic carbocycles. The lowest BCUT2D eigenvalue weighted by Crippen LogP contribution is -2.45. The van der Waals surface area contributed by atoms with E-state index in [1.165, 1.54) is 32.5 Å². The molecular formula is C29H32N2O7S. The number of rotatable bonds is 10. The van der Waals surface area contributed by atoms with Crippen molar-refractivity contribution in [1.82, 2.24) is 9.88 Å². The molecule has 1 aliphatic rings.